The molecule has 0 fully saturated rings. The third kappa shape index (κ3) is 3.67. The second kappa shape index (κ2) is 6.92. The first kappa shape index (κ1) is 14.4. The standard InChI is InChI=1S/C13H15NO3S/c1-10(15)11-5-6-13(12(9-11)17-2)18(16)8-4-3-7-14/h5-6,9H,3-4,8H2,1-2H3/t18-/m0/s1. The van der Waals surface area contributed by atoms with Crippen molar-refractivity contribution in [3.63, 3.8) is 0 Å². The number of hydrogen-bond acceptors (Lipinski definition) is 4. The lowest BCUT2D eigenvalue weighted by atomic mass is 10.1. The molecule has 1 rings (SSSR count). The van der Waals surface area contributed by atoms with Gasteiger partial charge in [0, 0.05) is 17.7 Å². The van der Waals surface area contributed by atoms with E-state index in [1.807, 2.05) is 6.07 Å². The quantitative estimate of drug-likeness (QED) is 0.584. The van der Waals surface area contributed by atoms with E-state index in [4.69, 9.17) is 10.00 Å². The van der Waals surface area contributed by atoms with E-state index in [9.17, 15) is 9.00 Å². The second-order valence-electron chi connectivity index (χ2n) is 3.73. The Morgan fingerprint density at radius 1 is 1.50 bits per heavy atom. The first-order valence-electron chi connectivity index (χ1n) is 5.54. The fourth-order valence-corrected chi connectivity index (χ4v) is 2.68. The molecule has 0 spiro atoms. The molecule has 0 aromatic heterocycles. The van der Waals surface area contributed by atoms with Gasteiger partial charge in [0.1, 0.15) is 5.75 Å². The Kier molecular flexibility index (Phi) is 5.53. The van der Waals surface area contributed by atoms with Crippen LogP contribution in [-0.2, 0) is 10.8 Å². The Morgan fingerprint density at radius 3 is 2.78 bits per heavy atom. The number of nitrogens with zero attached hydrogens (tertiary/aromatic N) is 1. The van der Waals surface area contributed by atoms with Crippen molar-refractivity contribution in [3.05, 3.63) is 23.8 Å². The summed E-state index contributed by atoms with van der Waals surface area (Å²) < 4.78 is 17.2. The van der Waals surface area contributed by atoms with Gasteiger partial charge >= 0.3 is 0 Å². The van der Waals surface area contributed by atoms with Crippen molar-refractivity contribution in [1.29, 1.82) is 5.26 Å². The number of hydrogen-bond donors (Lipinski definition) is 0. The fraction of sp³-hybridized carbons (Fsp3) is 0.385. The topological polar surface area (TPSA) is 67.2 Å². The summed E-state index contributed by atoms with van der Waals surface area (Å²) in [6.07, 6.45) is 0.973. The molecule has 18 heavy (non-hydrogen) atoms. The molecule has 5 heteroatoms. The first-order chi connectivity index (χ1) is 8.60. The van der Waals surface area contributed by atoms with Crippen LogP contribution >= 0.6 is 0 Å². The Hall–Kier alpha value is -1.67. The van der Waals surface area contributed by atoms with E-state index in [1.54, 1.807) is 18.2 Å². The molecule has 0 saturated heterocycles. The molecule has 0 N–H and O–H groups in total. The van der Waals surface area contributed by atoms with Gasteiger partial charge in [-0.1, -0.05) is 0 Å². The maximum atomic E-state index is 12.0. The Morgan fingerprint density at radius 2 is 2.22 bits per heavy atom. The highest BCUT2D eigenvalue weighted by molar-refractivity contribution is 7.85. The Bertz CT molecular complexity index is 505. The minimum absolute atomic E-state index is 0.0601. The second-order valence-corrected chi connectivity index (χ2v) is 5.27. The van der Waals surface area contributed by atoms with Crippen molar-refractivity contribution in [2.24, 2.45) is 0 Å². The number of carbonyl (C=O) groups is 1. The van der Waals surface area contributed by atoms with Gasteiger partial charge in [-0.3, -0.25) is 9.00 Å². The predicted octanol–water partition coefficient (Wildman–Crippen LogP) is 2.31. The van der Waals surface area contributed by atoms with Crippen LogP contribution in [0.2, 0.25) is 0 Å². The lowest BCUT2D eigenvalue weighted by molar-refractivity contribution is 0.101. The third-order valence-electron chi connectivity index (χ3n) is 2.43. The molecule has 1 aromatic rings. The number of nitriles is 1. The molecule has 0 aliphatic carbocycles. The summed E-state index contributed by atoms with van der Waals surface area (Å²) in [7, 11) is 0.276. The first-order valence-corrected chi connectivity index (χ1v) is 6.86. The van der Waals surface area contributed by atoms with Crippen molar-refractivity contribution in [2.75, 3.05) is 12.9 Å². The van der Waals surface area contributed by atoms with Gasteiger partial charge in [-0.05, 0) is 31.5 Å². The molecular formula is C13H15NO3S. The predicted molar refractivity (Wildman–Crippen MR) is 69.1 cm³/mol. The minimum Gasteiger partial charge on any atom is -0.495 e. The average molecular weight is 265 g/mol. The van der Waals surface area contributed by atoms with Crippen LogP contribution in [-0.4, -0.2) is 22.9 Å². The molecule has 96 valence electrons. The lowest BCUT2D eigenvalue weighted by Crippen LogP contribution is -2.02. The molecule has 1 aromatic carbocycles. The number of carbonyl (C=O) groups excluding carboxylic acids is 1. The highest BCUT2D eigenvalue weighted by Gasteiger charge is 2.12. The Labute approximate surface area is 109 Å². The summed E-state index contributed by atoms with van der Waals surface area (Å²) in [6.45, 7) is 1.47. The molecule has 1 atom stereocenters. The average Bonchev–Trinajstić information content (AvgIpc) is 2.38. The van der Waals surface area contributed by atoms with E-state index in [-0.39, 0.29) is 5.78 Å². The van der Waals surface area contributed by atoms with Crippen molar-refractivity contribution in [3.8, 4) is 11.8 Å². The highest BCUT2D eigenvalue weighted by Crippen LogP contribution is 2.24. The van der Waals surface area contributed by atoms with Crippen LogP contribution in [0.15, 0.2) is 23.1 Å². The summed E-state index contributed by atoms with van der Waals surface area (Å²) in [6, 6.07) is 6.91. The van der Waals surface area contributed by atoms with Gasteiger partial charge in [-0.2, -0.15) is 5.26 Å². The van der Waals surface area contributed by atoms with Gasteiger partial charge in [0.15, 0.2) is 5.78 Å². The van der Waals surface area contributed by atoms with Crippen molar-refractivity contribution < 1.29 is 13.7 Å². The zero-order valence-electron chi connectivity index (χ0n) is 10.4. The largest absolute Gasteiger partial charge is 0.495 e. The van der Waals surface area contributed by atoms with Crippen LogP contribution in [0.1, 0.15) is 30.1 Å². The van der Waals surface area contributed by atoms with E-state index in [1.165, 1.54) is 14.0 Å². The molecule has 0 heterocycles. The van der Waals surface area contributed by atoms with E-state index >= 15 is 0 Å². The van der Waals surface area contributed by atoms with E-state index < -0.39 is 10.8 Å². The molecule has 0 saturated carbocycles. The van der Waals surface area contributed by atoms with Crippen molar-refractivity contribution >= 4 is 16.6 Å². The normalized spacial score (nSPS) is 11.6. The van der Waals surface area contributed by atoms with Crippen LogP contribution in [0.4, 0.5) is 0 Å². The number of benzene rings is 1. The fourth-order valence-electron chi connectivity index (χ4n) is 1.47. The maximum absolute atomic E-state index is 12.0. The minimum atomic E-state index is -1.21. The summed E-state index contributed by atoms with van der Waals surface area (Å²) in [5.41, 5.74) is 0.532. The van der Waals surface area contributed by atoms with Crippen LogP contribution < -0.4 is 4.74 Å². The SMILES string of the molecule is COc1cc(C(C)=O)ccc1[S@@](=O)CCCC#N. The van der Waals surface area contributed by atoms with Gasteiger partial charge in [0.25, 0.3) is 0 Å². The summed E-state index contributed by atoms with van der Waals surface area (Å²) in [4.78, 5) is 11.8. The number of rotatable bonds is 6. The summed E-state index contributed by atoms with van der Waals surface area (Å²) in [5.74, 6) is 0.816. The molecule has 0 unspecified atom stereocenters. The molecular weight excluding hydrogens is 250 g/mol. The summed E-state index contributed by atoms with van der Waals surface area (Å²) >= 11 is 0. The molecule has 0 bridgehead atoms. The van der Waals surface area contributed by atoms with Crippen molar-refractivity contribution in [2.45, 2.75) is 24.7 Å². The van der Waals surface area contributed by atoms with Gasteiger partial charge in [-0.15, -0.1) is 0 Å². The zero-order valence-corrected chi connectivity index (χ0v) is 11.3. The Balaban J connectivity index is 2.92. The summed E-state index contributed by atoms with van der Waals surface area (Å²) in [5, 5.41) is 8.44. The third-order valence-corrected chi connectivity index (χ3v) is 3.92. The van der Waals surface area contributed by atoms with E-state index in [2.05, 4.69) is 0 Å². The zero-order chi connectivity index (χ0) is 13.5. The number of ether oxygens (including phenoxy) is 1. The molecule has 0 radical (unpaired) electrons. The van der Waals surface area contributed by atoms with Crippen LogP contribution in [0.3, 0.4) is 0 Å². The van der Waals surface area contributed by atoms with Gasteiger partial charge in [-0.25, -0.2) is 0 Å². The van der Waals surface area contributed by atoms with E-state index in [0.717, 1.165) is 0 Å². The molecule has 0 amide bonds. The highest BCUT2D eigenvalue weighted by atomic mass is 32.2. The number of Topliss-reactive ketones (excluding diaryl/α,β-unsaturated/α-hetero) is 1. The lowest BCUT2D eigenvalue weighted by Gasteiger charge is -2.09. The van der Waals surface area contributed by atoms with Gasteiger partial charge < -0.3 is 4.74 Å². The molecule has 0 aliphatic heterocycles. The monoisotopic (exact) mass is 265 g/mol. The van der Waals surface area contributed by atoms with Gasteiger partial charge in [0.05, 0.1) is 28.9 Å². The van der Waals surface area contributed by atoms with Gasteiger partial charge in [0.2, 0.25) is 0 Å². The molecule has 0 aliphatic rings. The number of ketones is 1. The van der Waals surface area contributed by atoms with Crippen LogP contribution in [0.5, 0.6) is 5.75 Å². The number of unbranched alkanes of at least 4 members (excludes halogenated alkanes) is 1. The number of methoxy groups -OCH3 is 1. The van der Waals surface area contributed by atoms with Crippen LogP contribution in [0.25, 0.3) is 0 Å². The maximum Gasteiger partial charge on any atom is 0.159 e. The van der Waals surface area contributed by atoms with E-state index in [0.29, 0.717) is 34.8 Å². The molecule has 4 nitrogen and oxygen atoms in total. The van der Waals surface area contributed by atoms with Crippen molar-refractivity contribution in [1.82, 2.24) is 0 Å². The smallest absolute Gasteiger partial charge is 0.159 e. The van der Waals surface area contributed by atoms with Crippen LogP contribution in [0, 0.1) is 11.3 Å².